The third kappa shape index (κ3) is 4.89. The van der Waals surface area contributed by atoms with Gasteiger partial charge >= 0.3 is 0 Å². The third-order valence-electron chi connectivity index (χ3n) is 5.78. The van der Waals surface area contributed by atoms with Crippen LogP contribution in [-0.4, -0.2) is 63.5 Å². The number of ether oxygens (including phenoxy) is 2. The van der Waals surface area contributed by atoms with Crippen molar-refractivity contribution >= 4 is 15.8 Å². The minimum absolute atomic E-state index is 0.0474. The molecule has 0 amide bonds. The summed E-state index contributed by atoms with van der Waals surface area (Å²) in [6.45, 7) is 1.86. The zero-order valence-corrected chi connectivity index (χ0v) is 16.2. The fourth-order valence-corrected chi connectivity index (χ4v) is 5.94. The van der Waals surface area contributed by atoms with E-state index in [0.717, 1.165) is 25.2 Å². The maximum Gasteiger partial charge on any atom is 0.191 e. The molecule has 0 aromatic carbocycles. The summed E-state index contributed by atoms with van der Waals surface area (Å²) in [5.74, 6) is 1.17. The minimum Gasteiger partial charge on any atom is -0.354 e. The second-order valence-corrected chi connectivity index (χ2v) is 10.5. The van der Waals surface area contributed by atoms with Crippen molar-refractivity contribution in [3.8, 4) is 0 Å². The van der Waals surface area contributed by atoms with Gasteiger partial charge in [-0.2, -0.15) is 0 Å². The van der Waals surface area contributed by atoms with Crippen LogP contribution < -0.4 is 10.6 Å². The van der Waals surface area contributed by atoms with Gasteiger partial charge in [0.25, 0.3) is 0 Å². The summed E-state index contributed by atoms with van der Waals surface area (Å²) in [5, 5.41) is 6.81. The molecule has 2 saturated heterocycles. The van der Waals surface area contributed by atoms with Gasteiger partial charge in [0.2, 0.25) is 0 Å². The first-order valence-corrected chi connectivity index (χ1v) is 11.9. The van der Waals surface area contributed by atoms with Crippen molar-refractivity contribution in [2.24, 2.45) is 10.9 Å². The topological polar surface area (TPSA) is 89.0 Å². The van der Waals surface area contributed by atoms with Crippen LogP contribution in [0.3, 0.4) is 0 Å². The molecule has 0 aromatic rings. The van der Waals surface area contributed by atoms with Gasteiger partial charge in [0.1, 0.15) is 6.10 Å². The van der Waals surface area contributed by atoms with Gasteiger partial charge in [0.15, 0.2) is 21.6 Å². The molecule has 2 unspecified atom stereocenters. The standard InChI is InChI=1S/C18H31N3O4S/c22-26(23)9-6-14(13-26)10-19-17(21-15-4-5-15)20-11-16-12-24-18(25-16)7-2-1-3-8-18/h14-16H,1-13H2,(H2,19,20,21). The summed E-state index contributed by atoms with van der Waals surface area (Å²) in [7, 11) is -2.84. The molecule has 4 rings (SSSR count). The molecule has 0 aromatic heterocycles. The van der Waals surface area contributed by atoms with Gasteiger partial charge < -0.3 is 20.1 Å². The lowest BCUT2D eigenvalue weighted by molar-refractivity contribution is -0.186. The Kier molecular flexibility index (Phi) is 5.43. The van der Waals surface area contributed by atoms with Gasteiger partial charge in [0, 0.05) is 32.0 Å². The van der Waals surface area contributed by atoms with Crippen LogP contribution in [0.4, 0.5) is 0 Å². The van der Waals surface area contributed by atoms with Crippen molar-refractivity contribution in [2.75, 3.05) is 31.2 Å². The lowest BCUT2D eigenvalue weighted by atomic mass is 9.94. The van der Waals surface area contributed by atoms with Gasteiger partial charge in [-0.1, -0.05) is 6.42 Å². The predicted molar refractivity (Wildman–Crippen MR) is 99.9 cm³/mol. The molecule has 2 aliphatic carbocycles. The summed E-state index contributed by atoms with van der Waals surface area (Å²) in [5.41, 5.74) is 0. The molecule has 0 radical (unpaired) electrons. The Morgan fingerprint density at radius 3 is 2.65 bits per heavy atom. The van der Waals surface area contributed by atoms with Gasteiger partial charge in [-0.05, 0) is 38.0 Å². The fraction of sp³-hybridized carbons (Fsp3) is 0.944. The van der Waals surface area contributed by atoms with Crippen LogP contribution in [-0.2, 0) is 19.3 Å². The van der Waals surface area contributed by atoms with Gasteiger partial charge in [0.05, 0.1) is 18.1 Å². The number of sulfone groups is 1. The van der Waals surface area contributed by atoms with Crippen LogP contribution in [0.1, 0.15) is 51.4 Å². The normalized spacial score (nSPS) is 33.5. The number of nitrogens with one attached hydrogen (secondary N) is 2. The second-order valence-electron chi connectivity index (χ2n) is 8.28. The Morgan fingerprint density at radius 1 is 1.15 bits per heavy atom. The summed E-state index contributed by atoms with van der Waals surface area (Å²) < 4.78 is 35.4. The molecule has 2 N–H and O–H groups in total. The number of nitrogens with zero attached hydrogens (tertiary/aromatic N) is 1. The van der Waals surface area contributed by atoms with Gasteiger partial charge in [-0.15, -0.1) is 0 Å². The number of aliphatic imine (C=N–C) groups is 1. The highest BCUT2D eigenvalue weighted by Crippen LogP contribution is 2.37. The third-order valence-corrected chi connectivity index (χ3v) is 7.62. The first kappa shape index (κ1) is 18.5. The summed E-state index contributed by atoms with van der Waals surface area (Å²) in [4.78, 5) is 4.65. The monoisotopic (exact) mass is 385 g/mol. The highest BCUT2D eigenvalue weighted by Gasteiger charge is 2.42. The lowest BCUT2D eigenvalue weighted by Crippen LogP contribution is -2.43. The van der Waals surface area contributed by atoms with Crippen molar-refractivity contribution in [1.29, 1.82) is 0 Å². The molecule has 26 heavy (non-hydrogen) atoms. The molecule has 0 bridgehead atoms. The lowest BCUT2D eigenvalue weighted by Gasteiger charge is -2.31. The van der Waals surface area contributed by atoms with E-state index in [4.69, 9.17) is 9.47 Å². The van der Waals surface area contributed by atoms with Crippen molar-refractivity contribution in [2.45, 2.75) is 69.3 Å². The van der Waals surface area contributed by atoms with E-state index in [2.05, 4.69) is 15.6 Å². The van der Waals surface area contributed by atoms with E-state index in [1.165, 1.54) is 32.1 Å². The second kappa shape index (κ2) is 7.64. The van der Waals surface area contributed by atoms with E-state index in [9.17, 15) is 8.42 Å². The highest BCUT2D eigenvalue weighted by molar-refractivity contribution is 7.91. The van der Waals surface area contributed by atoms with E-state index in [-0.39, 0.29) is 23.6 Å². The predicted octanol–water partition coefficient (Wildman–Crippen LogP) is 1.19. The van der Waals surface area contributed by atoms with Crippen molar-refractivity contribution in [1.82, 2.24) is 10.6 Å². The number of rotatable bonds is 5. The molecule has 2 heterocycles. The average Bonchev–Trinajstić information content (AvgIpc) is 3.26. The number of guanidine groups is 1. The molecule has 8 heteroatoms. The molecule has 148 valence electrons. The van der Waals surface area contributed by atoms with Crippen LogP contribution >= 0.6 is 0 Å². The summed E-state index contributed by atoms with van der Waals surface area (Å²) in [6, 6.07) is 0.499. The quantitative estimate of drug-likeness (QED) is 0.546. The average molecular weight is 386 g/mol. The summed E-state index contributed by atoms with van der Waals surface area (Å²) in [6.07, 6.45) is 8.75. The fourth-order valence-electron chi connectivity index (χ4n) is 4.09. The number of hydrogen-bond donors (Lipinski definition) is 2. The van der Waals surface area contributed by atoms with E-state index in [1.807, 2.05) is 0 Å². The molecular formula is C18H31N3O4S. The smallest absolute Gasteiger partial charge is 0.191 e. The van der Waals surface area contributed by atoms with E-state index in [0.29, 0.717) is 31.5 Å². The zero-order valence-electron chi connectivity index (χ0n) is 15.4. The Bertz CT molecular complexity index is 626. The van der Waals surface area contributed by atoms with E-state index < -0.39 is 9.84 Å². The van der Waals surface area contributed by atoms with Crippen LogP contribution in [0.15, 0.2) is 4.99 Å². The minimum atomic E-state index is -2.84. The van der Waals surface area contributed by atoms with Crippen molar-refractivity contribution < 1.29 is 17.9 Å². The van der Waals surface area contributed by atoms with E-state index in [1.54, 1.807) is 0 Å². The summed E-state index contributed by atoms with van der Waals surface area (Å²) >= 11 is 0. The molecule has 4 fully saturated rings. The molecule has 2 saturated carbocycles. The maximum atomic E-state index is 11.6. The van der Waals surface area contributed by atoms with Crippen molar-refractivity contribution in [3.05, 3.63) is 0 Å². The first-order chi connectivity index (χ1) is 12.5. The van der Waals surface area contributed by atoms with Gasteiger partial charge in [-0.25, -0.2) is 8.42 Å². The molecule has 1 spiro atoms. The van der Waals surface area contributed by atoms with Crippen LogP contribution in [0, 0.1) is 5.92 Å². The SMILES string of the molecule is O=S1(=O)CCC(CN=C(NCC2COC3(CCCCC3)O2)NC2CC2)C1. The number of hydrogen-bond acceptors (Lipinski definition) is 5. The molecule has 4 aliphatic rings. The van der Waals surface area contributed by atoms with Crippen molar-refractivity contribution in [3.63, 3.8) is 0 Å². The van der Waals surface area contributed by atoms with Crippen LogP contribution in [0.2, 0.25) is 0 Å². The Hall–Kier alpha value is -0.860. The maximum absolute atomic E-state index is 11.6. The Balaban J connectivity index is 1.27. The molecule has 2 atom stereocenters. The van der Waals surface area contributed by atoms with Crippen LogP contribution in [0.5, 0.6) is 0 Å². The Morgan fingerprint density at radius 2 is 1.96 bits per heavy atom. The zero-order chi connectivity index (χ0) is 18.0. The molecule has 7 nitrogen and oxygen atoms in total. The Labute approximate surface area is 156 Å². The van der Waals surface area contributed by atoms with Crippen LogP contribution in [0.25, 0.3) is 0 Å². The van der Waals surface area contributed by atoms with Gasteiger partial charge in [-0.3, -0.25) is 4.99 Å². The molecule has 2 aliphatic heterocycles. The largest absolute Gasteiger partial charge is 0.354 e. The van der Waals surface area contributed by atoms with E-state index >= 15 is 0 Å². The first-order valence-electron chi connectivity index (χ1n) is 10.1. The highest BCUT2D eigenvalue weighted by atomic mass is 32.2. The molecular weight excluding hydrogens is 354 g/mol.